The van der Waals surface area contributed by atoms with Crippen molar-refractivity contribution in [3.05, 3.63) is 0 Å². The molecule has 0 amide bonds. The van der Waals surface area contributed by atoms with E-state index in [9.17, 15) is 8.78 Å². The van der Waals surface area contributed by atoms with Gasteiger partial charge < -0.3 is 11.5 Å². The Morgan fingerprint density at radius 1 is 1.00 bits per heavy atom. The number of alkyl halides is 2. The van der Waals surface area contributed by atoms with Crippen LogP contribution in [0.4, 0.5) is 8.78 Å². The van der Waals surface area contributed by atoms with E-state index in [2.05, 4.69) is 11.5 Å². The quantitative estimate of drug-likeness (QED) is 0.650. The van der Waals surface area contributed by atoms with Crippen molar-refractivity contribution in [1.29, 1.82) is 0 Å². The molecule has 0 rings (SSSR count). The van der Waals surface area contributed by atoms with Crippen LogP contribution in [0, 0.1) is 0 Å². The van der Waals surface area contributed by atoms with E-state index < -0.39 is 19.0 Å². The summed E-state index contributed by atoms with van der Waals surface area (Å²) in [6, 6.07) is 0. The van der Waals surface area contributed by atoms with E-state index in [1.165, 1.54) is 0 Å². The molecule has 9 heavy (non-hydrogen) atoms. The molecule has 0 saturated carbocycles. The molecule has 0 aliphatic carbocycles. The first-order valence-corrected chi connectivity index (χ1v) is 1.90. The summed E-state index contributed by atoms with van der Waals surface area (Å²) in [6.45, 7) is -1.33. The molecule has 0 heterocycles. The van der Waals surface area contributed by atoms with Gasteiger partial charge in [-0.05, 0) is 0 Å². The molecule has 0 unspecified atom stereocenters. The third-order valence-corrected chi connectivity index (χ3v) is 0.597. The minimum absolute atomic E-state index is 0. The maximum absolute atomic E-state index is 11.6. The molecule has 0 fully saturated rings. The SMILES string of the molecule is Cl.Cl.NCC(F)(F)CN. The zero-order valence-corrected chi connectivity index (χ0v) is 6.27. The van der Waals surface area contributed by atoms with Crippen LogP contribution in [-0.4, -0.2) is 19.0 Å². The summed E-state index contributed by atoms with van der Waals surface area (Å²) in [4.78, 5) is 0. The van der Waals surface area contributed by atoms with Crippen LogP contribution in [-0.2, 0) is 0 Å². The Kier molecular flexibility index (Phi) is 11.6. The molecule has 0 aliphatic rings. The van der Waals surface area contributed by atoms with Gasteiger partial charge in [-0.15, -0.1) is 24.8 Å². The van der Waals surface area contributed by atoms with E-state index in [1.807, 2.05) is 0 Å². The first-order valence-electron chi connectivity index (χ1n) is 1.90. The highest BCUT2D eigenvalue weighted by Gasteiger charge is 2.23. The first kappa shape index (κ1) is 16.2. The summed E-state index contributed by atoms with van der Waals surface area (Å²) in [5.74, 6) is -2.86. The van der Waals surface area contributed by atoms with Gasteiger partial charge in [-0.1, -0.05) is 0 Å². The van der Waals surface area contributed by atoms with Crippen molar-refractivity contribution < 1.29 is 8.78 Å². The van der Waals surface area contributed by atoms with E-state index in [-0.39, 0.29) is 24.8 Å². The lowest BCUT2D eigenvalue weighted by atomic mass is 10.3. The van der Waals surface area contributed by atoms with Gasteiger partial charge in [0, 0.05) is 0 Å². The molecule has 6 heteroatoms. The van der Waals surface area contributed by atoms with Gasteiger partial charge in [-0.3, -0.25) is 0 Å². The van der Waals surface area contributed by atoms with Gasteiger partial charge in [-0.25, -0.2) is 8.78 Å². The molecule has 0 aromatic rings. The van der Waals surface area contributed by atoms with Crippen LogP contribution >= 0.6 is 24.8 Å². The largest absolute Gasteiger partial charge is 0.325 e. The van der Waals surface area contributed by atoms with E-state index in [0.717, 1.165) is 0 Å². The Hall–Kier alpha value is 0.360. The third kappa shape index (κ3) is 8.36. The van der Waals surface area contributed by atoms with Crippen LogP contribution in [0.25, 0.3) is 0 Å². The van der Waals surface area contributed by atoms with Crippen molar-refractivity contribution in [2.45, 2.75) is 5.92 Å². The third-order valence-electron chi connectivity index (χ3n) is 0.597. The molecule has 0 aliphatic heterocycles. The van der Waals surface area contributed by atoms with Crippen molar-refractivity contribution in [2.24, 2.45) is 11.5 Å². The Morgan fingerprint density at radius 2 is 1.22 bits per heavy atom. The monoisotopic (exact) mass is 182 g/mol. The maximum atomic E-state index is 11.6. The molecule has 2 nitrogen and oxygen atoms in total. The number of nitrogens with two attached hydrogens (primary N) is 2. The summed E-state index contributed by atoms with van der Waals surface area (Å²) in [6.07, 6.45) is 0. The minimum atomic E-state index is -2.86. The summed E-state index contributed by atoms with van der Waals surface area (Å²) in [5, 5.41) is 0. The molecule has 4 N–H and O–H groups in total. The molecule has 0 atom stereocenters. The highest BCUT2D eigenvalue weighted by atomic mass is 35.5. The van der Waals surface area contributed by atoms with Gasteiger partial charge in [0.15, 0.2) is 0 Å². The van der Waals surface area contributed by atoms with Gasteiger partial charge >= 0.3 is 0 Å². The first-order chi connectivity index (χ1) is 3.12. The van der Waals surface area contributed by atoms with Crippen molar-refractivity contribution in [3.63, 3.8) is 0 Å². The Labute approximate surface area is 64.8 Å². The second-order valence-electron chi connectivity index (χ2n) is 1.26. The van der Waals surface area contributed by atoms with Gasteiger partial charge in [0.1, 0.15) is 0 Å². The second kappa shape index (κ2) is 6.48. The highest BCUT2D eigenvalue weighted by Crippen LogP contribution is 2.06. The number of halogens is 4. The smallest absolute Gasteiger partial charge is 0.272 e. The van der Waals surface area contributed by atoms with Gasteiger partial charge in [0.25, 0.3) is 5.92 Å². The zero-order valence-electron chi connectivity index (χ0n) is 4.64. The van der Waals surface area contributed by atoms with E-state index in [0.29, 0.717) is 0 Å². The van der Waals surface area contributed by atoms with Crippen molar-refractivity contribution in [1.82, 2.24) is 0 Å². The van der Waals surface area contributed by atoms with Crippen molar-refractivity contribution in [3.8, 4) is 0 Å². The molecule has 60 valence electrons. The molecule has 0 radical (unpaired) electrons. The Balaban J connectivity index is -0.000000180. The topological polar surface area (TPSA) is 52.0 Å². The predicted octanol–water partition coefficient (Wildman–Crippen LogP) is 0.383. The summed E-state index contributed by atoms with van der Waals surface area (Å²) < 4.78 is 23.3. The standard InChI is InChI=1S/C3H8F2N2.2ClH/c4-3(5,1-6)2-7;;/h1-2,6-7H2;2*1H. The molecule has 0 bridgehead atoms. The van der Waals surface area contributed by atoms with Crippen molar-refractivity contribution in [2.75, 3.05) is 13.1 Å². The molecule has 0 aromatic heterocycles. The van der Waals surface area contributed by atoms with E-state index in [1.54, 1.807) is 0 Å². The summed E-state index contributed by atoms with van der Waals surface area (Å²) in [5.41, 5.74) is 9.17. The second-order valence-corrected chi connectivity index (χ2v) is 1.26. The van der Waals surface area contributed by atoms with Gasteiger partial charge in [-0.2, -0.15) is 0 Å². The van der Waals surface area contributed by atoms with Crippen LogP contribution < -0.4 is 11.5 Å². The van der Waals surface area contributed by atoms with Crippen LogP contribution in [0.2, 0.25) is 0 Å². The van der Waals surface area contributed by atoms with E-state index >= 15 is 0 Å². The number of hydrogen-bond donors (Lipinski definition) is 2. The average Bonchev–Trinajstić information content (AvgIpc) is 1.68. The van der Waals surface area contributed by atoms with Gasteiger partial charge in [0.2, 0.25) is 0 Å². The molecule has 0 aromatic carbocycles. The lowest BCUT2D eigenvalue weighted by Gasteiger charge is -2.07. The van der Waals surface area contributed by atoms with E-state index in [4.69, 9.17) is 0 Å². The lowest BCUT2D eigenvalue weighted by molar-refractivity contribution is 0.0208. The fraction of sp³-hybridized carbons (Fsp3) is 1.00. The Bertz CT molecular complexity index is 55.8. The zero-order chi connectivity index (χ0) is 5.91. The van der Waals surface area contributed by atoms with Gasteiger partial charge in [0.05, 0.1) is 13.1 Å². The number of rotatable bonds is 2. The van der Waals surface area contributed by atoms with Crippen LogP contribution in [0.15, 0.2) is 0 Å². The molecule has 0 saturated heterocycles. The summed E-state index contributed by atoms with van der Waals surface area (Å²) in [7, 11) is 0. The maximum Gasteiger partial charge on any atom is 0.272 e. The van der Waals surface area contributed by atoms with Crippen LogP contribution in [0.3, 0.4) is 0 Å². The van der Waals surface area contributed by atoms with Crippen molar-refractivity contribution >= 4 is 24.8 Å². The fourth-order valence-electron chi connectivity index (χ4n) is 0.0833. The number of hydrogen-bond acceptors (Lipinski definition) is 2. The average molecular weight is 183 g/mol. The lowest BCUT2D eigenvalue weighted by Crippen LogP contribution is -2.35. The van der Waals surface area contributed by atoms with Crippen LogP contribution in [0.1, 0.15) is 0 Å². The summed E-state index contributed by atoms with van der Waals surface area (Å²) >= 11 is 0. The minimum Gasteiger partial charge on any atom is -0.325 e. The molecular weight excluding hydrogens is 173 g/mol. The fourth-order valence-corrected chi connectivity index (χ4v) is 0.0833. The Morgan fingerprint density at radius 3 is 1.22 bits per heavy atom. The highest BCUT2D eigenvalue weighted by molar-refractivity contribution is 5.85. The predicted molar refractivity (Wildman–Crippen MR) is 37.6 cm³/mol. The molecular formula is C3H10Cl2F2N2. The normalized spacial score (nSPS) is 9.33. The molecule has 0 spiro atoms. The van der Waals surface area contributed by atoms with Crippen LogP contribution in [0.5, 0.6) is 0 Å².